The molecule has 5 nitrogen and oxygen atoms in total. The van der Waals surface area contributed by atoms with Crippen LogP contribution in [-0.4, -0.2) is 29.8 Å². The van der Waals surface area contributed by atoms with Gasteiger partial charge >= 0.3 is 12.1 Å². The van der Waals surface area contributed by atoms with E-state index in [-0.39, 0.29) is 0 Å². The lowest BCUT2D eigenvalue weighted by molar-refractivity contribution is -0.139. The third kappa shape index (κ3) is 1.37. The van der Waals surface area contributed by atoms with Gasteiger partial charge in [0.25, 0.3) is 0 Å². The molecule has 1 aliphatic heterocycles. The van der Waals surface area contributed by atoms with E-state index in [1.54, 1.807) is 0 Å². The van der Waals surface area contributed by atoms with Gasteiger partial charge in [-0.25, -0.2) is 9.59 Å². The molecule has 0 saturated carbocycles. The Morgan fingerprint density at radius 2 is 2.50 bits per heavy atom. The third-order valence-corrected chi connectivity index (χ3v) is 1.23. The molecule has 0 aromatic rings. The first-order valence-electron chi connectivity index (χ1n) is 2.86. The van der Waals surface area contributed by atoms with Gasteiger partial charge in [-0.3, -0.25) is 0 Å². The van der Waals surface area contributed by atoms with Crippen molar-refractivity contribution in [2.24, 2.45) is 0 Å². The second-order valence-electron chi connectivity index (χ2n) is 1.96. The number of esters is 1. The van der Waals surface area contributed by atoms with Crippen molar-refractivity contribution in [3.05, 3.63) is 0 Å². The average molecular weight is 145 g/mol. The molecule has 5 heteroatoms. The Kier molecular flexibility index (Phi) is 1.75. The summed E-state index contributed by atoms with van der Waals surface area (Å²) in [6.07, 6.45) is -0.755. The molecule has 0 aromatic carbocycles. The zero-order valence-corrected chi connectivity index (χ0v) is 5.16. The molecule has 0 radical (unpaired) electrons. The van der Waals surface area contributed by atoms with Crippen LogP contribution in [0, 0.1) is 0 Å². The quantitative estimate of drug-likeness (QED) is 0.491. The lowest BCUT2D eigenvalue weighted by Crippen LogP contribution is -2.36. The van der Waals surface area contributed by atoms with Crippen LogP contribution in [0.25, 0.3) is 0 Å². The van der Waals surface area contributed by atoms with Crippen LogP contribution in [0.2, 0.25) is 0 Å². The summed E-state index contributed by atoms with van der Waals surface area (Å²) < 4.78 is 4.50. The van der Waals surface area contributed by atoms with Gasteiger partial charge in [0.2, 0.25) is 0 Å². The second-order valence-corrected chi connectivity index (χ2v) is 1.96. The van der Waals surface area contributed by atoms with Gasteiger partial charge in [-0.2, -0.15) is 0 Å². The SMILES string of the molecule is O=C(O)N[C@H]1CCOC1=O. The summed E-state index contributed by atoms with van der Waals surface area (Å²) in [5.41, 5.74) is 0. The van der Waals surface area contributed by atoms with Crippen molar-refractivity contribution >= 4 is 12.1 Å². The summed E-state index contributed by atoms with van der Waals surface area (Å²) in [4.78, 5) is 20.5. The summed E-state index contributed by atoms with van der Waals surface area (Å²) in [5.74, 6) is -0.484. The highest BCUT2D eigenvalue weighted by Crippen LogP contribution is 2.04. The van der Waals surface area contributed by atoms with Crippen molar-refractivity contribution in [3.63, 3.8) is 0 Å². The minimum Gasteiger partial charge on any atom is -0.465 e. The first kappa shape index (κ1) is 6.85. The number of cyclic esters (lactones) is 1. The number of hydrogen-bond donors (Lipinski definition) is 2. The minimum absolute atomic E-state index is 0.309. The number of hydrogen-bond acceptors (Lipinski definition) is 3. The molecule has 0 aromatic heterocycles. The fraction of sp³-hybridized carbons (Fsp3) is 0.600. The second kappa shape index (κ2) is 2.55. The number of carbonyl (C=O) groups is 2. The highest BCUT2D eigenvalue weighted by atomic mass is 16.5. The summed E-state index contributed by atoms with van der Waals surface area (Å²) in [6, 6.07) is -0.655. The van der Waals surface area contributed by atoms with Crippen LogP contribution in [0.15, 0.2) is 0 Å². The maximum Gasteiger partial charge on any atom is 0.405 e. The van der Waals surface area contributed by atoms with E-state index >= 15 is 0 Å². The molecule has 0 aliphatic carbocycles. The first-order chi connectivity index (χ1) is 4.70. The molecule has 0 bridgehead atoms. The summed E-state index contributed by atoms with van der Waals surface area (Å²) >= 11 is 0. The summed E-state index contributed by atoms with van der Waals surface area (Å²) in [6.45, 7) is 0.309. The maximum atomic E-state index is 10.6. The molecule has 2 N–H and O–H groups in total. The molecule has 10 heavy (non-hydrogen) atoms. The minimum atomic E-state index is -1.19. The predicted octanol–water partition coefficient (Wildman–Crippen LogP) is -0.431. The molecule has 1 amide bonds. The van der Waals surface area contributed by atoms with Crippen molar-refractivity contribution in [3.8, 4) is 0 Å². The Bertz CT molecular complexity index is 167. The molecule has 0 spiro atoms. The van der Waals surface area contributed by atoms with E-state index in [0.29, 0.717) is 13.0 Å². The number of ether oxygens (including phenoxy) is 1. The Labute approximate surface area is 57.0 Å². The fourth-order valence-corrected chi connectivity index (χ4v) is 0.776. The third-order valence-electron chi connectivity index (χ3n) is 1.23. The number of rotatable bonds is 1. The Hall–Kier alpha value is -1.26. The molecule has 1 rings (SSSR count). The lowest BCUT2D eigenvalue weighted by atomic mass is 10.3. The Morgan fingerprint density at radius 3 is 2.90 bits per heavy atom. The van der Waals surface area contributed by atoms with Crippen LogP contribution in [0.5, 0.6) is 0 Å². The van der Waals surface area contributed by atoms with Gasteiger partial charge in [-0.05, 0) is 0 Å². The van der Waals surface area contributed by atoms with Gasteiger partial charge in [0, 0.05) is 6.42 Å². The average Bonchev–Trinajstić information content (AvgIpc) is 2.15. The monoisotopic (exact) mass is 145 g/mol. The van der Waals surface area contributed by atoms with E-state index < -0.39 is 18.1 Å². The smallest absolute Gasteiger partial charge is 0.405 e. The van der Waals surface area contributed by atoms with Crippen molar-refractivity contribution in [2.45, 2.75) is 12.5 Å². The molecule has 56 valence electrons. The largest absolute Gasteiger partial charge is 0.465 e. The topological polar surface area (TPSA) is 75.6 Å². The van der Waals surface area contributed by atoms with Crippen LogP contribution in [0.4, 0.5) is 4.79 Å². The van der Waals surface area contributed by atoms with E-state index in [1.807, 2.05) is 5.32 Å². The van der Waals surface area contributed by atoms with Gasteiger partial charge < -0.3 is 15.2 Å². The lowest BCUT2D eigenvalue weighted by Gasteiger charge is -2.02. The van der Waals surface area contributed by atoms with Crippen molar-refractivity contribution in [2.75, 3.05) is 6.61 Å². The zero-order valence-electron chi connectivity index (χ0n) is 5.16. The van der Waals surface area contributed by atoms with Gasteiger partial charge in [-0.1, -0.05) is 0 Å². The number of carbonyl (C=O) groups excluding carboxylic acids is 1. The predicted molar refractivity (Wildman–Crippen MR) is 30.5 cm³/mol. The van der Waals surface area contributed by atoms with Gasteiger partial charge in [0.1, 0.15) is 6.04 Å². The number of carboxylic acid groups (broad SMARTS) is 1. The van der Waals surface area contributed by atoms with Crippen LogP contribution < -0.4 is 5.32 Å². The molecule has 1 fully saturated rings. The molecule has 1 aliphatic rings. The number of nitrogens with one attached hydrogen (secondary N) is 1. The molecule has 1 saturated heterocycles. The van der Waals surface area contributed by atoms with Crippen LogP contribution in [-0.2, 0) is 9.53 Å². The molecule has 0 unspecified atom stereocenters. The summed E-state index contributed by atoms with van der Waals surface area (Å²) in [7, 11) is 0. The Morgan fingerprint density at radius 1 is 1.80 bits per heavy atom. The van der Waals surface area contributed by atoms with Crippen LogP contribution in [0.1, 0.15) is 6.42 Å². The highest BCUT2D eigenvalue weighted by molar-refractivity contribution is 5.81. The van der Waals surface area contributed by atoms with E-state index in [2.05, 4.69) is 4.74 Å². The summed E-state index contributed by atoms with van der Waals surface area (Å²) in [5, 5.41) is 10.2. The number of amides is 1. The van der Waals surface area contributed by atoms with E-state index in [9.17, 15) is 9.59 Å². The standard InChI is InChI=1S/C5H7NO4/c7-4-3(1-2-10-4)6-5(8)9/h3,6H,1-2H2,(H,8,9)/t3-/m0/s1. The Balaban J connectivity index is 2.40. The van der Waals surface area contributed by atoms with Gasteiger partial charge in [0.15, 0.2) is 0 Å². The van der Waals surface area contributed by atoms with E-state index in [1.165, 1.54) is 0 Å². The molecule has 1 atom stereocenters. The molecular formula is C5H7NO4. The zero-order chi connectivity index (χ0) is 7.56. The van der Waals surface area contributed by atoms with Gasteiger partial charge in [-0.15, -0.1) is 0 Å². The molecular weight excluding hydrogens is 138 g/mol. The van der Waals surface area contributed by atoms with E-state index in [4.69, 9.17) is 5.11 Å². The van der Waals surface area contributed by atoms with E-state index in [0.717, 1.165) is 0 Å². The fourth-order valence-electron chi connectivity index (χ4n) is 0.776. The highest BCUT2D eigenvalue weighted by Gasteiger charge is 2.27. The van der Waals surface area contributed by atoms with Crippen LogP contribution in [0.3, 0.4) is 0 Å². The van der Waals surface area contributed by atoms with Crippen molar-refractivity contribution < 1.29 is 19.4 Å². The van der Waals surface area contributed by atoms with Crippen molar-refractivity contribution in [1.82, 2.24) is 5.32 Å². The maximum absolute atomic E-state index is 10.6. The van der Waals surface area contributed by atoms with Gasteiger partial charge in [0.05, 0.1) is 6.61 Å². The first-order valence-corrected chi connectivity index (χ1v) is 2.86. The van der Waals surface area contributed by atoms with Crippen LogP contribution >= 0.6 is 0 Å². The normalized spacial score (nSPS) is 24.0. The van der Waals surface area contributed by atoms with Crippen molar-refractivity contribution in [1.29, 1.82) is 0 Å². The molecule has 1 heterocycles.